The number of nitrogens with zero attached hydrogens (tertiary/aromatic N) is 2. The maximum absolute atomic E-state index is 12.9. The SMILES string of the molecule is COc1cc(OC)c(S(=O)(=O)N2CCN(CC(O)CO)CC2)cc1Cl. The van der Waals surface area contributed by atoms with Crippen LogP contribution in [0.3, 0.4) is 0 Å². The quantitative estimate of drug-likeness (QED) is 0.672. The molecule has 0 aliphatic carbocycles. The molecule has 1 heterocycles. The summed E-state index contributed by atoms with van der Waals surface area (Å²) in [6, 6.07) is 2.78. The van der Waals surface area contributed by atoms with E-state index in [1.165, 1.54) is 30.7 Å². The molecule has 1 aliphatic rings. The molecule has 1 unspecified atom stereocenters. The summed E-state index contributed by atoms with van der Waals surface area (Å²) in [4.78, 5) is 1.90. The lowest BCUT2D eigenvalue weighted by atomic mass is 10.3. The standard InChI is InChI=1S/C15H23ClN2O6S/c1-23-13-8-14(24-2)15(7-12(13)16)25(21,22)18-5-3-17(4-6-18)9-11(20)10-19/h7-8,11,19-20H,3-6,9-10H2,1-2H3. The van der Waals surface area contributed by atoms with Crippen molar-refractivity contribution in [2.45, 2.75) is 11.0 Å². The number of aliphatic hydroxyl groups excluding tert-OH is 2. The third kappa shape index (κ3) is 4.55. The van der Waals surface area contributed by atoms with Gasteiger partial charge in [0.05, 0.1) is 32.0 Å². The number of piperazine rings is 1. The molecule has 25 heavy (non-hydrogen) atoms. The zero-order valence-electron chi connectivity index (χ0n) is 14.2. The van der Waals surface area contributed by atoms with Crippen molar-refractivity contribution in [3.8, 4) is 11.5 Å². The number of halogens is 1. The van der Waals surface area contributed by atoms with Crippen LogP contribution in [0.15, 0.2) is 17.0 Å². The molecule has 2 N–H and O–H groups in total. The van der Waals surface area contributed by atoms with Gasteiger partial charge in [-0.1, -0.05) is 11.6 Å². The first kappa shape index (κ1) is 20.2. The molecule has 2 rings (SSSR count). The van der Waals surface area contributed by atoms with Crippen molar-refractivity contribution in [2.75, 3.05) is 53.6 Å². The van der Waals surface area contributed by atoms with Crippen molar-refractivity contribution in [2.24, 2.45) is 0 Å². The van der Waals surface area contributed by atoms with E-state index in [4.69, 9.17) is 26.2 Å². The molecule has 1 aromatic rings. The highest BCUT2D eigenvalue weighted by Crippen LogP contribution is 2.36. The van der Waals surface area contributed by atoms with Crippen LogP contribution in [0.4, 0.5) is 0 Å². The molecule has 0 spiro atoms. The molecule has 0 radical (unpaired) electrons. The molecule has 0 amide bonds. The molecule has 10 heteroatoms. The molecule has 1 aliphatic heterocycles. The summed E-state index contributed by atoms with van der Waals surface area (Å²) in [6.07, 6.45) is -0.830. The number of β-amino-alcohol motifs (C(OH)–C–C–N with tert-alkyl or cyclic N) is 1. The molecule has 1 saturated heterocycles. The zero-order valence-corrected chi connectivity index (χ0v) is 15.8. The summed E-state index contributed by atoms with van der Waals surface area (Å²) in [7, 11) is -0.956. The lowest BCUT2D eigenvalue weighted by molar-refractivity contribution is 0.0491. The number of rotatable bonds is 7. The number of hydrogen-bond acceptors (Lipinski definition) is 7. The van der Waals surface area contributed by atoms with Gasteiger partial charge in [-0.2, -0.15) is 4.31 Å². The van der Waals surface area contributed by atoms with Crippen LogP contribution in [0.25, 0.3) is 0 Å². The maximum Gasteiger partial charge on any atom is 0.246 e. The van der Waals surface area contributed by atoms with Gasteiger partial charge in [0.1, 0.15) is 16.4 Å². The largest absolute Gasteiger partial charge is 0.495 e. The third-order valence-electron chi connectivity index (χ3n) is 4.07. The molecule has 1 fully saturated rings. The Labute approximate surface area is 152 Å². The lowest BCUT2D eigenvalue weighted by Gasteiger charge is -2.34. The van der Waals surface area contributed by atoms with Crippen molar-refractivity contribution in [3.63, 3.8) is 0 Å². The second-order valence-electron chi connectivity index (χ2n) is 5.68. The predicted molar refractivity (Wildman–Crippen MR) is 92.8 cm³/mol. The molecule has 8 nitrogen and oxygen atoms in total. The van der Waals surface area contributed by atoms with E-state index in [-0.39, 0.29) is 35.4 Å². The van der Waals surface area contributed by atoms with Crippen LogP contribution in [-0.4, -0.2) is 87.5 Å². The van der Waals surface area contributed by atoms with Crippen LogP contribution in [-0.2, 0) is 10.0 Å². The molecular weight excluding hydrogens is 372 g/mol. The summed E-state index contributed by atoms with van der Waals surface area (Å²) < 4.78 is 37.5. The van der Waals surface area contributed by atoms with E-state index in [9.17, 15) is 13.5 Å². The normalized spacial score (nSPS) is 18.1. The first-order valence-corrected chi connectivity index (χ1v) is 9.58. The highest BCUT2D eigenvalue weighted by atomic mass is 35.5. The second kappa shape index (κ2) is 8.52. The second-order valence-corrected chi connectivity index (χ2v) is 7.99. The Morgan fingerprint density at radius 1 is 1.16 bits per heavy atom. The summed E-state index contributed by atoms with van der Waals surface area (Å²) in [5.74, 6) is 0.500. The van der Waals surface area contributed by atoms with Crippen molar-refractivity contribution < 1.29 is 28.1 Å². The van der Waals surface area contributed by atoms with Crippen LogP contribution in [0.1, 0.15) is 0 Å². The smallest absolute Gasteiger partial charge is 0.246 e. The molecule has 0 bridgehead atoms. The van der Waals surface area contributed by atoms with Crippen LogP contribution < -0.4 is 9.47 Å². The molecule has 142 valence electrons. The number of ether oxygens (including phenoxy) is 2. The van der Waals surface area contributed by atoms with Gasteiger partial charge < -0.3 is 19.7 Å². The van der Waals surface area contributed by atoms with Gasteiger partial charge in [-0.05, 0) is 6.07 Å². The average Bonchev–Trinajstić information content (AvgIpc) is 2.61. The Bertz CT molecular complexity index is 692. The van der Waals surface area contributed by atoms with Gasteiger partial charge in [-0.3, -0.25) is 4.90 Å². The minimum Gasteiger partial charge on any atom is -0.495 e. The Balaban J connectivity index is 2.19. The minimum absolute atomic E-state index is 0.00959. The fraction of sp³-hybridized carbons (Fsp3) is 0.600. The molecule has 0 saturated carbocycles. The third-order valence-corrected chi connectivity index (χ3v) is 6.28. The van der Waals surface area contributed by atoms with Gasteiger partial charge in [0.15, 0.2) is 0 Å². The number of hydrogen-bond donors (Lipinski definition) is 2. The minimum atomic E-state index is -3.78. The van der Waals surface area contributed by atoms with E-state index in [0.29, 0.717) is 25.4 Å². The highest BCUT2D eigenvalue weighted by Gasteiger charge is 2.32. The highest BCUT2D eigenvalue weighted by molar-refractivity contribution is 7.89. The topological polar surface area (TPSA) is 99.5 Å². The van der Waals surface area contributed by atoms with Crippen molar-refractivity contribution >= 4 is 21.6 Å². The molecular formula is C15H23ClN2O6S. The monoisotopic (exact) mass is 394 g/mol. The van der Waals surface area contributed by atoms with E-state index in [1.807, 2.05) is 4.90 Å². The Morgan fingerprint density at radius 3 is 2.28 bits per heavy atom. The van der Waals surface area contributed by atoms with Crippen LogP contribution >= 0.6 is 11.6 Å². The zero-order chi connectivity index (χ0) is 18.6. The van der Waals surface area contributed by atoms with Crippen LogP contribution in [0.5, 0.6) is 11.5 Å². The van der Waals surface area contributed by atoms with Gasteiger partial charge in [0, 0.05) is 38.8 Å². The van der Waals surface area contributed by atoms with E-state index in [1.54, 1.807) is 0 Å². The van der Waals surface area contributed by atoms with Gasteiger partial charge in [-0.25, -0.2) is 8.42 Å². The van der Waals surface area contributed by atoms with Crippen molar-refractivity contribution in [1.29, 1.82) is 0 Å². The average molecular weight is 395 g/mol. The maximum atomic E-state index is 12.9. The van der Waals surface area contributed by atoms with Crippen molar-refractivity contribution in [3.05, 3.63) is 17.2 Å². The lowest BCUT2D eigenvalue weighted by Crippen LogP contribution is -2.50. The molecule has 1 aromatic carbocycles. The van der Waals surface area contributed by atoms with E-state index in [2.05, 4.69) is 0 Å². The number of aliphatic hydroxyl groups is 2. The van der Waals surface area contributed by atoms with Gasteiger partial charge in [0.2, 0.25) is 10.0 Å². The van der Waals surface area contributed by atoms with Crippen LogP contribution in [0, 0.1) is 0 Å². The van der Waals surface area contributed by atoms with E-state index < -0.39 is 16.1 Å². The summed E-state index contributed by atoms with van der Waals surface area (Å²) in [6.45, 7) is 1.45. The first-order chi connectivity index (χ1) is 11.8. The summed E-state index contributed by atoms with van der Waals surface area (Å²) >= 11 is 6.08. The fourth-order valence-electron chi connectivity index (χ4n) is 2.68. The Morgan fingerprint density at radius 2 is 1.76 bits per heavy atom. The van der Waals surface area contributed by atoms with E-state index >= 15 is 0 Å². The van der Waals surface area contributed by atoms with Crippen LogP contribution in [0.2, 0.25) is 5.02 Å². The van der Waals surface area contributed by atoms with Gasteiger partial charge in [-0.15, -0.1) is 0 Å². The Kier molecular flexibility index (Phi) is 6.89. The molecule has 0 aromatic heterocycles. The Hall–Kier alpha value is -1.10. The van der Waals surface area contributed by atoms with Crippen molar-refractivity contribution in [1.82, 2.24) is 9.21 Å². The first-order valence-electron chi connectivity index (χ1n) is 7.76. The summed E-state index contributed by atoms with van der Waals surface area (Å²) in [5, 5.41) is 18.6. The van der Waals surface area contributed by atoms with E-state index in [0.717, 1.165) is 0 Å². The number of sulfonamides is 1. The number of methoxy groups -OCH3 is 2. The predicted octanol–water partition coefficient (Wildman–Crippen LogP) is 0.0167. The fourth-order valence-corrected chi connectivity index (χ4v) is 4.57. The molecule has 1 atom stereocenters. The number of benzene rings is 1. The summed E-state index contributed by atoms with van der Waals surface area (Å²) in [5.41, 5.74) is 0. The van der Waals surface area contributed by atoms with Gasteiger partial charge in [0.25, 0.3) is 0 Å². The van der Waals surface area contributed by atoms with Gasteiger partial charge >= 0.3 is 0 Å².